The van der Waals surface area contributed by atoms with Gasteiger partial charge in [0.05, 0.1) is 6.42 Å². The first-order chi connectivity index (χ1) is 9.40. The fourth-order valence-electron chi connectivity index (χ4n) is 1.76. The van der Waals surface area contributed by atoms with E-state index in [0.717, 1.165) is 6.42 Å². The lowest BCUT2D eigenvalue weighted by atomic mass is 10.1. The summed E-state index contributed by atoms with van der Waals surface area (Å²) >= 11 is 11.6. The minimum atomic E-state index is -0.949. The quantitative estimate of drug-likeness (QED) is 0.747. The highest BCUT2D eigenvalue weighted by Crippen LogP contribution is 2.22. The number of carbonyl (C=O) groups excluding carboxylic acids is 1. The van der Waals surface area contributed by atoms with Gasteiger partial charge in [-0.1, -0.05) is 36.5 Å². The molecule has 0 bridgehead atoms. The summed E-state index contributed by atoms with van der Waals surface area (Å²) in [6.07, 6.45) is 1.26. The third kappa shape index (κ3) is 6.12. The number of carboxylic acid groups (broad SMARTS) is 1. The summed E-state index contributed by atoms with van der Waals surface area (Å²) in [6, 6.07) is 3.77. The highest BCUT2D eigenvalue weighted by molar-refractivity contribution is 6.35. The Morgan fingerprint density at radius 3 is 2.35 bits per heavy atom. The van der Waals surface area contributed by atoms with Crippen LogP contribution in [0.15, 0.2) is 18.2 Å². The highest BCUT2D eigenvalue weighted by Gasteiger charge is 2.15. The fourth-order valence-corrected chi connectivity index (χ4v) is 2.29. The maximum Gasteiger partial charge on any atom is 0.319 e. The van der Waals surface area contributed by atoms with E-state index in [1.807, 2.05) is 6.92 Å². The summed E-state index contributed by atoms with van der Waals surface area (Å²) in [5, 5.41) is 14.8. The van der Waals surface area contributed by atoms with Crippen molar-refractivity contribution in [1.29, 1.82) is 0 Å². The van der Waals surface area contributed by atoms with Gasteiger partial charge in [0.2, 0.25) is 0 Å². The van der Waals surface area contributed by atoms with Gasteiger partial charge in [0, 0.05) is 21.8 Å². The van der Waals surface area contributed by atoms with E-state index in [0.29, 0.717) is 22.2 Å². The minimum Gasteiger partial charge on any atom is -0.481 e. The summed E-state index contributed by atoms with van der Waals surface area (Å²) < 4.78 is 0. The largest absolute Gasteiger partial charge is 0.481 e. The van der Waals surface area contributed by atoms with Crippen molar-refractivity contribution in [2.45, 2.75) is 32.2 Å². The Labute approximate surface area is 127 Å². The van der Waals surface area contributed by atoms with Crippen LogP contribution in [0.5, 0.6) is 0 Å². The third-order valence-electron chi connectivity index (χ3n) is 2.51. The lowest BCUT2D eigenvalue weighted by molar-refractivity contribution is -0.137. The number of benzene rings is 1. The number of aliphatic carboxylic acids is 1. The summed E-state index contributed by atoms with van der Waals surface area (Å²) in [5.41, 5.74) is 0.450. The average Bonchev–Trinajstić information content (AvgIpc) is 2.26. The number of urea groups is 1. The molecule has 0 aliphatic heterocycles. The van der Waals surface area contributed by atoms with Crippen molar-refractivity contribution in [2.75, 3.05) is 5.32 Å². The molecule has 1 unspecified atom stereocenters. The monoisotopic (exact) mass is 318 g/mol. The molecule has 1 rings (SSSR count). The zero-order valence-electron chi connectivity index (χ0n) is 11.0. The van der Waals surface area contributed by atoms with Crippen molar-refractivity contribution in [2.24, 2.45) is 0 Å². The molecule has 0 heterocycles. The van der Waals surface area contributed by atoms with Crippen molar-refractivity contribution in [3.63, 3.8) is 0 Å². The maximum atomic E-state index is 11.8. The molecular weight excluding hydrogens is 303 g/mol. The number of nitrogens with one attached hydrogen (secondary N) is 2. The van der Waals surface area contributed by atoms with E-state index in [1.165, 1.54) is 0 Å². The summed E-state index contributed by atoms with van der Waals surface area (Å²) in [6.45, 7) is 1.92. The molecule has 1 aromatic carbocycles. The fraction of sp³-hybridized carbons (Fsp3) is 0.385. The van der Waals surface area contributed by atoms with E-state index in [2.05, 4.69) is 10.6 Å². The molecule has 0 aromatic heterocycles. The van der Waals surface area contributed by atoms with E-state index < -0.39 is 18.0 Å². The van der Waals surface area contributed by atoms with Crippen LogP contribution in [-0.4, -0.2) is 23.1 Å². The van der Waals surface area contributed by atoms with E-state index in [4.69, 9.17) is 28.3 Å². The lowest BCUT2D eigenvalue weighted by Crippen LogP contribution is -2.39. The molecule has 0 saturated carbocycles. The highest BCUT2D eigenvalue weighted by atomic mass is 35.5. The number of halogens is 2. The van der Waals surface area contributed by atoms with Crippen LogP contribution in [0.4, 0.5) is 10.5 Å². The zero-order valence-corrected chi connectivity index (χ0v) is 12.5. The Bertz CT molecular complexity index is 474. The van der Waals surface area contributed by atoms with Gasteiger partial charge in [0.15, 0.2) is 0 Å². The molecule has 3 N–H and O–H groups in total. The predicted octanol–water partition coefficient (Wildman–Crippen LogP) is 3.76. The van der Waals surface area contributed by atoms with Crippen molar-refractivity contribution in [3.8, 4) is 0 Å². The van der Waals surface area contributed by atoms with Crippen LogP contribution in [0.2, 0.25) is 10.0 Å². The van der Waals surface area contributed by atoms with Crippen LogP contribution in [-0.2, 0) is 4.79 Å². The van der Waals surface area contributed by atoms with Crippen LogP contribution in [0.25, 0.3) is 0 Å². The van der Waals surface area contributed by atoms with Gasteiger partial charge in [-0.25, -0.2) is 4.79 Å². The second-order valence-electron chi connectivity index (χ2n) is 4.34. The molecule has 110 valence electrons. The van der Waals surface area contributed by atoms with Gasteiger partial charge in [-0.05, 0) is 24.6 Å². The molecule has 0 saturated heterocycles. The summed E-state index contributed by atoms with van der Waals surface area (Å²) in [7, 11) is 0. The Morgan fingerprint density at radius 1 is 1.25 bits per heavy atom. The number of rotatable bonds is 6. The van der Waals surface area contributed by atoms with Gasteiger partial charge in [-0.2, -0.15) is 0 Å². The second-order valence-corrected chi connectivity index (χ2v) is 5.21. The Morgan fingerprint density at radius 2 is 1.85 bits per heavy atom. The third-order valence-corrected chi connectivity index (χ3v) is 2.95. The number of anilines is 1. The smallest absolute Gasteiger partial charge is 0.319 e. The van der Waals surface area contributed by atoms with Gasteiger partial charge in [0.1, 0.15) is 0 Å². The summed E-state index contributed by atoms with van der Waals surface area (Å²) in [5.74, 6) is -0.949. The molecule has 7 heteroatoms. The first-order valence-corrected chi connectivity index (χ1v) is 6.91. The van der Waals surface area contributed by atoms with E-state index in [9.17, 15) is 9.59 Å². The molecule has 1 aromatic rings. The molecule has 2 amide bonds. The molecular formula is C13H16Cl2N2O3. The van der Waals surface area contributed by atoms with Crippen LogP contribution < -0.4 is 10.6 Å². The summed E-state index contributed by atoms with van der Waals surface area (Å²) in [4.78, 5) is 22.5. The molecule has 0 radical (unpaired) electrons. The molecule has 1 atom stereocenters. The topological polar surface area (TPSA) is 78.4 Å². The van der Waals surface area contributed by atoms with E-state index in [-0.39, 0.29) is 6.42 Å². The Balaban J connectivity index is 2.62. The molecule has 0 spiro atoms. The predicted molar refractivity (Wildman–Crippen MR) is 79.6 cm³/mol. The normalized spacial score (nSPS) is 11.8. The number of amides is 2. The van der Waals surface area contributed by atoms with E-state index >= 15 is 0 Å². The molecule has 0 fully saturated rings. The van der Waals surface area contributed by atoms with Crippen LogP contribution in [0, 0.1) is 0 Å². The standard InChI is InChI=1S/C13H16Cl2N2O3/c1-2-3-10(7-12(18)19)16-13(20)17-11-5-8(14)4-9(15)6-11/h4-6,10H,2-3,7H2,1H3,(H,18,19)(H2,16,17,20). The zero-order chi connectivity index (χ0) is 15.1. The number of hydrogen-bond acceptors (Lipinski definition) is 2. The van der Waals surface area contributed by atoms with Crippen molar-refractivity contribution >= 4 is 40.9 Å². The van der Waals surface area contributed by atoms with Gasteiger partial charge >= 0.3 is 12.0 Å². The van der Waals surface area contributed by atoms with Gasteiger partial charge in [-0.3, -0.25) is 4.79 Å². The van der Waals surface area contributed by atoms with Crippen molar-refractivity contribution in [1.82, 2.24) is 5.32 Å². The minimum absolute atomic E-state index is 0.114. The number of carbonyl (C=O) groups is 2. The number of carboxylic acids is 1. The number of hydrogen-bond donors (Lipinski definition) is 3. The second kappa shape index (κ2) is 7.97. The Kier molecular flexibility index (Phi) is 6.61. The first kappa shape index (κ1) is 16.6. The molecule has 5 nitrogen and oxygen atoms in total. The molecule has 0 aliphatic rings. The van der Waals surface area contributed by atoms with Gasteiger partial charge < -0.3 is 15.7 Å². The van der Waals surface area contributed by atoms with Crippen LogP contribution >= 0.6 is 23.2 Å². The van der Waals surface area contributed by atoms with Crippen LogP contribution in [0.3, 0.4) is 0 Å². The first-order valence-electron chi connectivity index (χ1n) is 6.16. The maximum absolute atomic E-state index is 11.8. The average molecular weight is 319 g/mol. The van der Waals surface area contributed by atoms with Crippen LogP contribution in [0.1, 0.15) is 26.2 Å². The van der Waals surface area contributed by atoms with Crippen molar-refractivity contribution in [3.05, 3.63) is 28.2 Å². The Hall–Kier alpha value is -1.46. The molecule has 20 heavy (non-hydrogen) atoms. The van der Waals surface area contributed by atoms with Gasteiger partial charge in [-0.15, -0.1) is 0 Å². The molecule has 0 aliphatic carbocycles. The SMILES string of the molecule is CCCC(CC(=O)O)NC(=O)Nc1cc(Cl)cc(Cl)c1. The lowest BCUT2D eigenvalue weighted by Gasteiger charge is -2.16. The van der Waals surface area contributed by atoms with E-state index in [1.54, 1.807) is 18.2 Å². The van der Waals surface area contributed by atoms with Gasteiger partial charge in [0.25, 0.3) is 0 Å². The van der Waals surface area contributed by atoms with Crippen molar-refractivity contribution < 1.29 is 14.7 Å².